The molecule has 0 heterocycles. The number of alkyl halides is 3. The average Bonchev–Trinajstić information content (AvgIpc) is 2.54. The number of halogens is 3. The molecule has 0 fully saturated rings. The lowest BCUT2D eigenvalue weighted by atomic mass is 10.1. The molecule has 2 rings (SSSR count). The highest BCUT2D eigenvalue weighted by Gasteiger charge is 2.30. The van der Waals surface area contributed by atoms with Gasteiger partial charge in [-0.3, -0.25) is 5.48 Å². The molecule has 0 saturated heterocycles. The van der Waals surface area contributed by atoms with Gasteiger partial charge in [0.25, 0.3) is 0 Å². The van der Waals surface area contributed by atoms with Gasteiger partial charge >= 0.3 is 6.18 Å². The Kier molecular flexibility index (Phi) is 6.63. The van der Waals surface area contributed by atoms with Crippen molar-refractivity contribution in [3.8, 4) is 11.5 Å². The highest BCUT2D eigenvalue weighted by atomic mass is 32.2. The van der Waals surface area contributed by atoms with Crippen molar-refractivity contribution in [1.82, 2.24) is 4.90 Å². The van der Waals surface area contributed by atoms with Gasteiger partial charge < -0.3 is 9.64 Å². The van der Waals surface area contributed by atoms with Crippen LogP contribution in [0.15, 0.2) is 42.5 Å². The summed E-state index contributed by atoms with van der Waals surface area (Å²) < 4.78 is 59.5. The van der Waals surface area contributed by atoms with Crippen LogP contribution in [0.4, 0.5) is 18.9 Å². The minimum absolute atomic E-state index is 0.296. The number of ether oxygens (including phenoxy) is 1. The average molecular weight is 388 g/mol. The molecule has 1 unspecified atom stereocenters. The van der Waals surface area contributed by atoms with Crippen LogP contribution in [0.1, 0.15) is 11.1 Å². The summed E-state index contributed by atoms with van der Waals surface area (Å²) in [4.78, 5) is 1.91. The summed E-state index contributed by atoms with van der Waals surface area (Å²) in [6, 6.07) is 9.58. The molecule has 0 radical (unpaired) electrons. The summed E-state index contributed by atoms with van der Waals surface area (Å²) in [6.45, 7) is 0.528. The maximum atomic E-state index is 12.6. The third kappa shape index (κ3) is 6.01. The number of hydrogen-bond donors (Lipinski definition) is 1. The van der Waals surface area contributed by atoms with Gasteiger partial charge in [-0.15, -0.1) is 0 Å². The lowest BCUT2D eigenvalue weighted by Crippen LogP contribution is -2.12. The first kappa shape index (κ1) is 20.2. The Hall–Kier alpha value is -2.10. The predicted octanol–water partition coefficient (Wildman–Crippen LogP) is 4.20. The summed E-state index contributed by atoms with van der Waals surface area (Å²) in [6.07, 6.45) is -3.00. The zero-order valence-electron chi connectivity index (χ0n) is 14.5. The van der Waals surface area contributed by atoms with Gasteiger partial charge in [0, 0.05) is 18.4 Å². The lowest BCUT2D eigenvalue weighted by Gasteiger charge is -2.17. The molecule has 2 aromatic carbocycles. The van der Waals surface area contributed by atoms with Crippen molar-refractivity contribution >= 4 is 16.8 Å². The zero-order valence-corrected chi connectivity index (χ0v) is 15.3. The van der Waals surface area contributed by atoms with E-state index in [2.05, 4.69) is 5.48 Å². The standard InChI is InChI=1S/C17H19F3N2O3S/c1-22(2)11-12-10-14(21-25-26(3)23)6-9-16(12)24-15-7-4-13(5-8-15)17(18,19)20/h4-10,21H,11H2,1-3H3. The number of hydrogen-bond acceptors (Lipinski definition) is 5. The van der Waals surface area contributed by atoms with E-state index in [1.807, 2.05) is 19.0 Å². The molecule has 26 heavy (non-hydrogen) atoms. The maximum absolute atomic E-state index is 12.6. The molecule has 0 amide bonds. The highest BCUT2D eigenvalue weighted by molar-refractivity contribution is 7.79. The van der Waals surface area contributed by atoms with Gasteiger partial charge in [-0.05, 0) is 56.6 Å². The Morgan fingerprint density at radius 2 is 1.77 bits per heavy atom. The minimum Gasteiger partial charge on any atom is -0.457 e. The Morgan fingerprint density at radius 3 is 2.31 bits per heavy atom. The second kappa shape index (κ2) is 8.52. The van der Waals surface area contributed by atoms with Gasteiger partial charge in [0.1, 0.15) is 11.5 Å². The van der Waals surface area contributed by atoms with Crippen molar-refractivity contribution in [2.45, 2.75) is 12.7 Å². The molecule has 1 atom stereocenters. The molecule has 0 aliphatic rings. The van der Waals surface area contributed by atoms with E-state index in [4.69, 9.17) is 9.02 Å². The maximum Gasteiger partial charge on any atom is 0.416 e. The minimum atomic E-state index is -4.39. The molecule has 0 saturated carbocycles. The Morgan fingerprint density at radius 1 is 1.12 bits per heavy atom. The number of rotatable bonds is 7. The first-order chi connectivity index (χ1) is 12.1. The molecule has 0 aliphatic carbocycles. The fraction of sp³-hybridized carbons (Fsp3) is 0.294. The van der Waals surface area contributed by atoms with Crippen LogP contribution in [-0.4, -0.2) is 29.5 Å². The third-order valence-electron chi connectivity index (χ3n) is 3.23. The molecule has 0 spiro atoms. The Labute approximate surface area is 152 Å². The second-order valence-electron chi connectivity index (χ2n) is 5.77. The fourth-order valence-corrected chi connectivity index (χ4v) is 2.37. The quantitative estimate of drug-likeness (QED) is 0.721. The van der Waals surface area contributed by atoms with Crippen molar-refractivity contribution in [2.75, 3.05) is 25.8 Å². The third-order valence-corrected chi connectivity index (χ3v) is 3.55. The first-order valence-electron chi connectivity index (χ1n) is 7.54. The van der Waals surface area contributed by atoms with Gasteiger partial charge in [-0.25, -0.2) is 4.21 Å². The molecule has 0 aliphatic heterocycles. The van der Waals surface area contributed by atoms with Crippen LogP contribution >= 0.6 is 0 Å². The van der Waals surface area contributed by atoms with Crippen LogP contribution in [0.2, 0.25) is 0 Å². The number of nitrogens with zero attached hydrogens (tertiary/aromatic N) is 1. The highest BCUT2D eigenvalue weighted by Crippen LogP contribution is 2.33. The van der Waals surface area contributed by atoms with Crippen molar-refractivity contribution in [2.24, 2.45) is 0 Å². The van der Waals surface area contributed by atoms with Crippen molar-refractivity contribution < 1.29 is 26.4 Å². The Bertz CT molecular complexity index is 765. The second-order valence-corrected chi connectivity index (χ2v) is 6.74. The van der Waals surface area contributed by atoms with Gasteiger partial charge in [0.2, 0.25) is 0 Å². The Balaban J connectivity index is 2.22. The van der Waals surface area contributed by atoms with E-state index in [0.717, 1.165) is 17.7 Å². The summed E-state index contributed by atoms with van der Waals surface area (Å²) in [5.41, 5.74) is 3.20. The van der Waals surface area contributed by atoms with E-state index in [1.165, 1.54) is 18.4 Å². The van der Waals surface area contributed by atoms with Crippen molar-refractivity contribution in [1.29, 1.82) is 0 Å². The molecule has 2 aromatic rings. The normalized spacial score (nSPS) is 12.9. The molecule has 0 bridgehead atoms. The fourth-order valence-electron chi connectivity index (χ4n) is 2.15. The molecular weight excluding hydrogens is 369 g/mol. The smallest absolute Gasteiger partial charge is 0.416 e. The van der Waals surface area contributed by atoms with Crippen LogP contribution in [0.25, 0.3) is 0 Å². The monoisotopic (exact) mass is 388 g/mol. The van der Waals surface area contributed by atoms with Crippen LogP contribution in [-0.2, 0) is 28.1 Å². The van der Waals surface area contributed by atoms with E-state index >= 15 is 0 Å². The van der Waals surface area contributed by atoms with E-state index < -0.39 is 22.8 Å². The largest absolute Gasteiger partial charge is 0.457 e. The van der Waals surface area contributed by atoms with Crippen LogP contribution < -0.4 is 10.2 Å². The number of nitrogens with one attached hydrogen (secondary N) is 1. The van der Waals surface area contributed by atoms with E-state index in [0.29, 0.717) is 23.7 Å². The van der Waals surface area contributed by atoms with Crippen LogP contribution in [0.3, 0.4) is 0 Å². The molecular formula is C17H19F3N2O3S. The van der Waals surface area contributed by atoms with Gasteiger partial charge in [-0.2, -0.15) is 17.5 Å². The molecule has 9 heteroatoms. The zero-order chi connectivity index (χ0) is 19.3. The van der Waals surface area contributed by atoms with Crippen LogP contribution in [0.5, 0.6) is 11.5 Å². The first-order valence-corrected chi connectivity index (χ1v) is 9.03. The van der Waals surface area contributed by atoms with Crippen molar-refractivity contribution in [3.05, 3.63) is 53.6 Å². The van der Waals surface area contributed by atoms with E-state index in [1.54, 1.807) is 18.2 Å². The van der Waals surface area contributed by atoms with Crippen LogP contribution in [0, 0.1) is 0 Å². The summed E-state index contributed by atoms with van der Waals surface area (Å²) >= 11 is -1.47. The summed E-state index contributed by atoms with van der Waals surface area (Å²) in [7, 11) is 3.75. The molecule has 0 aromatic heterocycles. The predicted molar refractivity (Wildman–Crippen MR) is 94.1 cm³/mol. The summed E-state index contributed by atoms with van der Waals surface area (Å²) in [5, 5.41) is 0. The van der Waals surface area contributed by atoms with Crippen molar-refractivity contribution in [3.63, 3.8) is 0 Å². The van der Waals surface area contributed by atoms with E-state index in [9.17, 15) is 17.4 Å². The van der Waals surface area contributed by atoms with Gasteiger partial charge in [-0.1, -0.05) is 0 Å². The lowest BCUT2D eigenvalue weighted by molar-refractivity contribution is -0.137. The van der Waals surface area contributed by atoms with Gasteiger partial charge in [0.15, 0.2) is 11.1 Å². The summed E-state index contributed by atoms with van der Waals surface area (Å²) in [5.74, 6) is 0.797. The number of anilines is 1. The number of benzene rings is 2. The van der Waals surface area contributed by atoms with E-state index in [-0.39, 0.29) is 0 Å². The van der Waals surface area contributed by atoms with Gasteiger partial charge in [0.05, 0.1) is 11.3 Å². The SMILES string of the molecule is CN(C)Cc1cc(NOS(C)=O)ccc1Oc1ccc(C(F)(F)F)cc1. The molecule has 1 N–H and O–H groups in total. The molecule has 5 nitrogen and oxygen atoms in total. The molecule has 142 valence electrons. The topological polar surface area (TPSA) is 50.8 Å².